The molecule has 11 heteroatoms. The lowest BCUT2D eigenvalue weighted by Crippen LogP contribution is -2.47. The number of piperidine rings is 1. The van der Waals surface area contributed by atoms with E-state index < -0.39 is 10.0 Å². The molecule has 2 heterocycles. The molecule has 2 amide bonds. The van der Waals surface area contributed by atoms with Gasteiger partial charge in [-0.05, 0) is 12.8 Å². The van der Waals surface area contributed by atoms with Crippen LogP contribution in [0.25, 0.3) is 0 Å². The Labute approximate surface area is 147 Å². The van der Waals surface area contributed by atoms with Crippen LogP contribution in [0.5, 0.6) is 0 Å². The highest BCUT2D eigenvalue weighted by atomic mass is 32.2. The minimum absolute atomic E-state index is 0.154. The summed E-state index contributed by atoms with van der Waals surface area (Å²) in [5.41, 5.74) is 0. The fraction of sp³-hybridized carbons (Fsp3) is 0.643. The Morgan fingerprint density at radius 3 is 2.84 bits per heavy atom. The topological polar surface area (TPSA) is 136 Å². The van der Waals surface area contributed by atoms with Crippen molar-refractivity contribution in [2.45, 2.75) is 18.8 Å². The number of carboxylic acid groups (broad SMARTS) is 1. The Kier molecular flexibility index (Phi) is 8.35. The molecule has 1 unspecified atom stereocenters. The van der Waals surface area contributed by atoms with Gasteiger partial charge in [0.2, 0.25) is 10.0 Å². The third-order valence-electron chi connectivity index (χ3n) is 3.88. The highest BCUT2D eigenvalue weighted by Crippen LogP contribution is 2.24. The molecule has 1 fully saturated rings. The maximum absolute atomic E-state index is 12.2. The Morgan fingerprint density at radius 1 is 1.60 bits per heavy atom. The molecule has 142 valence electrons. The fourth-order valence-electron chi connectivity index (χ4n) is 2.48. The number of likely N-dealkylation sites (tertiary alicyclic amines) is 1. The predicted octanol–water partition coefficient (Wildman–Crippen LogP) is -0.109. The third kappa shape index (κ3) is 7.10. The minimum Gasteiger partial charge on any atom is -0.483 e. The molecule has 0 aliphatic carbocycles. The van der Waals surface area contributed by atoms with Crippen LogP contribution < -0.4 is 5.32 Å². The van der Waals surface area contributed by atoms with Gasteiger partial charge in [0.25, 0.3) is 6.47 Å². The number of likely N-dealkylation sites (N-methyl/N-ethyl adjacent to an activating group) is 1. The van der Waals surface area contributed by atoms with E-state index in [-0.39, 0.29) is 25.0 Å². The van der Waals surface area contributed by atoms with E-state index in [1.807, 2.05) is 0 Å². The van der Waals surface area contributed by atoms with Crippen molar-refractivity contribution in [2.75, 3.05) is 39.5 Å². The number of nitrogens with one attached hydrogen (secondary N) is 2. The normalized spacial score (nSPS) is 17.6. The summed E-state index contributed by atoms with van der Waals surface area (Å²) in [5, 5.41) is 9.66. The van der Waals surface area contributed by atoms with Gasteiger partial charge in [-0.15, -0.1) is 0 Å². The molecule has 1 aromatic heterocycles. The number of carbonyl (C=O) groups excluding carboxylic acids is 1. The Hall–Kier alpha value is -2.14. The molecule has 0 radical (unpaired) electrons. The lowest BCUT2D eigenvalue weighted by molar-refractivity contribution is -0.122. The number of aromatic nitrogens is 2. The molecule has 10 nitrogen and oxygen atoms in total. The van der Waals surface area contributed by atoms with Crippen LogP contribution >= 0.6 is 0 Å². The van der Waals surface area contributed by atoms with Crippen LogP contribution in [0.1, 0.15) is 24.6 Å². The molecule has 0 saturated carbocycles. The summed E-state index contributed by atoms with van der Waals surface area (Å²) in [4.78, 5) is 29.6. The van der Waals surface area contributed by atoms with Crippen molar-refractivity contribution < 1.29 is 23.1 Å². The molecule has 1 aliphatic heterocycles. The quantitative estimate of drug-likeness (QED) is 0.615. The molecule has 25 heavy (non-hydrogen) atoms. The minimum atomic E-state index is -3.21. The molecule has 0 aromatic carbocycles. The maximum Gasteiger partial charge on any atom is 0.317 e. The lowest BCUT2D eigenvalue weighted by Gasteiger charge is -2.32. The molecule has 2 rings (SSSR count). The van der Waals surface area contributed by atoms with Crippen molar-refractivity contribution >= 4 is 22.5 Å². The zero-order chi connectivity index (χ0) is 18.9. The number of carbonyl (C=O) groups is 2. The second-order valence-electron chi connectivity index (χ2n) is 5.68. The summed E-state index contributed by atoms with van der Waals surface area (Å²) in [6, 6.07) is -0.154. The molecule has 1 atom stereocenters. The van der Waals surface area contributed by atoms with E-state index in [2.05, 4.69) is 15.3 Å². The van der Waals surface area contributed by atoms with E-state index in [1.165, 1.54) is 11.4 Å². The van der Waals surface area contributed by atoms with Gasteiger partial charge in [0.05, 0.1) is 6.26 Å². The summed E-state index contributed by atoms with van der Waals surface area (Å²) in [6.45, 7) is 1.65. The SMILES string of the molecule is CN(CCNC(=O)N1CCCC(c2ncc[nH]2)C1)S(C)(=O)=O.O=CO. The monoisotopic (exact) mass is 375 g/mol. The summed E-state index contributed by atoms with van der Waals surface area (Å²) in [7, 11) is -1.71. The number of imidazole rings is 1. The van der Waals surface area contributed by atoms with Gasteiger partial charge in [0.1, 0.15) is 5.82 Å². The molecule has 3 N–H and O–H groups in total. The van der Waals surface area contributed by atoms with Gasteiger partial charge in [-0.3, -0.25) is 4.79 Å². The van der Waals surface area contributed by atoms with Gasteiger partial charge in [0.15, 0.2) is 0 Å². The van der Waals surface area contributed by atoms with Crippen LogP contribution in [0.4, 0.5) is 4.79 Å². The first-order valence-electron chi connectivity index (χ1n) is 7.80. The lowest BCUT2D eigenvalue weighted by atomic mass is 9.98. The van der Waals surface area contributed by atoms with Crippen LogP contribution in [-0.2, 0) is 14.8 Å². The maximum atomic E-state index is 12.2. The first-order chi connectivity index (χ1) is 11.8. The number of nitrogens with zero attached hydrogens (tertiary/aromatic N) is 3. The number of hydrogen-bond acceptors (Lipinski definition) is 5. The standard InChI is InChI=1S/C13H23N5O3S.CH2O2/c1-17(22(2,20)21)9-7-16-13(19)18-8-3-4-11(10-18)12-14-5-6-15-12;2-1-3/h5-6,11H,3-4,7-10H2,1-2H3,(H,14,15)(H,16,19);1H,(H,2,3). The number of hydrogen-bond donors (Lipinski definition) is 3. The van der Waals surface area contributed by atoms with E-state index in [9.17, 15) is 13.2 Å². The van der Waals surface area contributed by atoms with Crippen molar-refractivity contribution in [1.29, 1.82) is 0 Å². The average Bonchev–Trinajstić information content (AvgIpc) is 3.09. The Balaban J connectivity index is 0.000000970. The molecular formula is C14H25N5O5S. The number of H-pyrrole nitrogens is 1. The second kappa shape index (κ2) is 9.99. The predicted molar refractivity (Wildman–Crippen MR) is 91.7 cm³/mol. The van der Waals surface area contributed by atoms with E-state index in [0.717, 1.165) is 24.9 Å². The second-order valence-corrected chi connectivity index (χ2v) is 7.77. The number of aromatic amines is 1. The highest BCUT2D eigenvalue weighted by molar-refractivity contribution is 7.88. The van der Waals surface area contributed by atoms with Crippen LogP contribution in [0.15, 0.2) is 12.4 Å². The van der Waals surface area contributed by atoms with Crippen molar-refractivity contribution in [3.63, 3.8) is 0 Å². The molecule has 1 saturated heterocycles. The average molecular weight is 375 g/mol. The van der Waals surface area contributed by atoms with Crippen molar-refractivity contribution in [3.8, 4) is 0 Å². The van der Waals surface area contributed by atoms with Gasteiger partial charge in [-0.2, -0.15) is 0 Å². The number of urea groups is 1. The van der Waals surface area contributed by atoms with Crippen LogP contribution in [0.3, 0.4) is 0 Å². The van der Waals surface area contributed by atoms with Crippen molar-refractivity contribution in [2.24, 2.45) is 0 Å². The zero-order valence-corrected chi connectivity index (χ0v) is 15.2. The van der Waals surface area contributed by atoms with Gasteiger partial charge in [-0.1, -0.05) is 0 Å². The highest BCUT2D eigenvalue weighted by Gasteiger charge is 2.26. The molecular weight excluding hydrogens is 350 g/mol. The van der Waals surface area contributed by atoms with E-state index in [0.29, 0.717) is 19.6 Å². The summed E-state index contributed by atoms with van der Waals surface area (Å²) in [5.74, 6) is 1.14. The van der Waals surface area contributed by atoms with E-state index >= 15 is 0 Å². The third-order valence-corrected chi connectivity index (χ3v) is 5.20. The first kappa shape index (κ1) is 20.9. The van der Waals surface area contributed by atoms with E-state index in [1.54, 1.807) is 17.3 Å². The van der Waals surface area contributed by atoms with Crippen LogP contribution in [0.2, 0.25) is 0 Å². The van der Waals surface area contributed by atoms with Crippen LogP contribution in [0, 0.1) is 0 Å². The molecule has 0 bridgehead atoms. The summed E-state index contributed by atoms with van der Waals surface area (Å²) in [6.07, 6.45) is 6.59. The largest absolute Gasteiger partial charge is 0.483 e. The Morgan fingerprint density at radius 2 is 2.28 bits per heavy atom. The van der Waals surface area contributed by atoms with Crippen molar-refractivity contribution in [3.05, 3.63) is 18.2 Å². The number of rotatable bonds is 5. The molecule has 1 aliphatic rings. The van der Waals surface area contributed by atoms with Crippen LogP contribution in [-0.4, -0.2) is 84.7 Å². The summed E-state index contributed by atoms with van der Waals surface area (Å²) < 4.78 is 23.8. The van der Waals surface area contributed by atoms with Gasteiger partial charge in [-0.25, -0.2) is 22.5 Å². The Bertz CT molecular complexity index is 634. The summed E-state index contributed by atoms with van der Waals surface area (Å²) >= 11 is 0. The van der Waals surface area contributed by atoms with E-state index in [4.69, 9.17) is 9.90 Å². The van der Waals surface area contributed by atoms with Gasteiger partial charge < -0.3 is 20.3 Å². The van der Waals surface area contributed by atoms with Gasteiger partial charge in [0, 0.05) is 51.5 Å². The number of amides is 2. The first-order valence-corrected chi connectivity index (χ1v) is 9.65. The number of sulfonamides is 1. The zero-order valence-electron chi connectivity index (χ0n) is 14.4. The smallest absolute Gasteiger partial charge is 0.317 e. The van der Waals surface area contributed by atoms with Crippen molar-refractivity contribution in [1.82, 2.24) is 24.5 Å². The van der Waals surface area contributed by atoms with Gasteiger partial charge >= 0.3 is 6.03 Å². The molecule has 0 spiro atoms. The fourth-order valence-corrected chi connectivity index (χ4v) is 2.91. The molecule has 1 aromatic rings.